The highest BCUT2D eigenvalue weighted by Gasteiger charge is 2.11. The molecule has 0 amide bonds. The lowest BCUT2D eigenvalue weighted by Gasteiger charge is -2.12. The lowest BCUT2D eigenvalue weighted by atomic mass is 10.1. The molecule has 132 valence electrons. The molecule has 0 aliphatic rings. The highest BCUT2D eigenvalue weighted by Crippen LogP contribution is 2.24. The number of nitrogens with one attached hydrogen (secondary N) is 2. The van der Waals surface area contributed by atoms with E-state index in [2.05, 4.69) is 15.6 Å². The van der Waals surface area contributed by atoms with E-state index in [1.807, 2.05) is 37.3 Å². The Balaban J connectivity index is 1.65. The number of fused-ring (bicyclic) bond motifs is 1. The Hall–Kier alpha value is -3.33. The molecule has 26 heavy (non-hydrogen) atoms. The van der Waals surface area contributed by atoms with E-state index in [4.69, 9.17) is 9.68 Å². The Morgan fingerprint density at radius 2 is 1.96 bits per heavy atom. The minimum absolute atomic E-state index is 0.222. The van der Waals surface area contributed by atoms with Crippen molar-refractivity contribution in [2.24, 2.45) is 4.99 Å². The molecule has 0 fully saturated rings. The number of furan rings is 1. The predicted molar refractivity (Wildman–Crippen MR) is 99.1 cm³/mol. The molecule has 5 nitrogen and oxygen atoms in total. The van der Waals surface area contributed by atoms with Gasteiger partial charge in [-0.05, 0) is 31.2 Å². The van der Waals surface area contributed by atoms with Crippen LogP contribution in [0.25, 0.3) is 11.0 Å². The Kier molecular flexibility index (Phi) is 5.18. The van der Waals surface area contributed by atoms with Crippen LogP contribution in [0.3, 0.4) is 0 Å². The normalized spacial score (nSPS) is 11.4. The average Bonchev–Trinajstić information content (AvgIpc) is 2.99. The van der Waals surface area contributed by atoms with Crippen molar-refractivity contribution in [1.29, 1.82) is 5.26 Å². The van der Waals surface area contributed by atoms with Crippen LogP contribution >= 0.6 is 0 Å². The third-order valence-electron chi connectivity index (χ3n) is 4.20. The molecule has 0 spiro atoms. The molecule has 0 aliphatic heterocycles. The molecular weight excluding hydrogens is 331 g/mol. The van der Waals surface area contributed by atoms with E-state index in [0.717, 1.165) is 22.3 Å². The van der Waals surface area contributed by atoms with Gasteiger partial charge < -0.3 is 15.1 Å². The van der Waals surface area contributed by atoms with Crippen molar-refractivity contribution in [3.8, 4) is 6.07 Å². The van der Waals surface area contributed by atoms with Gasteiger partial charge in [-0.3, -0.25) is 4.99 Å². The van der Waals surface area contributed by atoms with Gasteiger partial charge in [-0.15, -0.1) is 0 Å². The number of aryl methyl sites for hydroxylation is 1. The van der Waals surface area contributed by atoms with E-state index in [0.29, 0.717) is 23.6 Å². The zero-order valence-electron chi connectivity index (χ0n) is 14.6. The van der Waals surface area contributed by atoms with Gasteiger partial charge >= 0.3 is 0 Å². The van der Waals surface area contributed by atoms with Gasteiger partial charge in [-0.25, -0.2) is 4.39 Å². The molecule has 2 aromatic carbocycles. The number of benzene rings is 2. The molecular formula is C20H19FN4O. The molecule has 3 rings (SSSR count). The van der Waals surface area contributed by atoms with E-state index < -0.39 is 0 Å². The summed E-state index contributed by atoms with van der Waals surface area (Å²) in [5, 5.41) is 16.2. The summed E-state index contributed by atoms with van der Waals surface area (Å²) < 4.78 is 19.7. The standard InChI is InChI=1S/C20H19FN4O/c1-13-16-5-3-4-6-18(16)26-19(13)12-25-20(23-2)24-11-15-9-14(10-22)7-8-17(15)21/h3-9H,11-12H2,1-2H3,(H2,23,24,25). The molecule has 1 heterocycles. The molecule has 6 heteroatoms. The topological polar surface area (TPSA) is 73.3 Å². The number of halogens is 1. The number of para-hydroxylation sites is 1. The molecule has 0 bridgehead atoms. The van der Waals surface area contributed by atoms with E-state index in [9.17, 15) is 4.39 Å². The van der Waals surface area contributed by atoms with Gasteiger partial charge in [-0.2, -0.15) is 5.26 Å². The van der Waals surface area contributed by atoms with E-state index in [1.54, 1.807) is 7.05 Å². The quantitative estimate of drug-likeness (QED) is 0.557. The summed E-state index contributed by atoms with van der Waals surface area (Å²) in [6.07, 6.45) is 0. The SMILES string of the molecule is CN=C(NCc1cc(C#N)ccc1F)NCc1oc2ccccc2c1C. The van der Waals surface area contributed by atoms with Gasteiger partial charge in [0.05, 0.1) is 18.2 Å². The third-order valence-corrected chi connectivity index (χ3v) is 4.20. The van der Waals surface area contributed by atoms with Crippen LogP contribution < -0.4 is 10.6 Å². The first-order chi connectivity index (χ1) is 12.6. The van der Waals surface area contributed by atoms with Crippen LogP contribution in [-0.4, -0.2) is 13.0 Å². The number of aliphatic imine (C=N–C) groups is 1. The van der Waals surface area contributed by atoms with Gasteiger partial charge in [0, 0.05) is 30.1 Å². The van der Waals surface area contributed by atoms with Crippen molar-refractivity contribution in [3.63, 3.8) is 0 Å². The molecule has 2 N–H and O–H groups in total. The molecule has 0 aliphatic carbocycles. The maximum atomic E-state index is 13.9. The molecule has 0 unspecified atom stereocenters. The number of hydrogen-bond donors (Lipinski definition) is 2. The summed E-state index contributed by atoms with van der Waals surface area (Å²) in [4.78, 5) is 4.14. The second-order valence-electron chi connectivity index (χ2n) is 5.84. The second kappa shape index (κ2) is 7.70. The van der Waals surface area contributed by atoms with Crippen molar-refractivity contribution < 1.29 is 8.81 Å². The summed E-state index contributed by atoms with van der Waals surface area (Å²) >= 11 is 0. The Morgan fingerprint density at radius 1 is 1.19 bits per heavy atom. The van der Waals surface area contributed by atoms with E-state index in [1.165, 1.54) is 18.2 Å². The first-order valence-electron chi connectivity index (χ1n) is 8.22. The number of rotatable bonds is 4. The Morgan fingerprint density at radius 3 is 2.69 bits per heavy atom. The lowest BCUT2D eigenvalue weighted by molar-refractivity contribution is 0.534. The average molecular weight is 350 g/mol. The first-order valence-corrected chi connectivity index (χ1v) is 8.22. The number of nitriles is 1. The zero-order chi connectivity index (χ0) is 18.5. The smallest absolute Gasteiger partial charge is 0.191 e. The van der Waals surface area contributed by atoms with Crippen molar-refractivity contribution in [2.75, 3.05) is 7.05 Å². The number of hydrogen-bond acceptors (Lipinski definition) is 3. The van der Waals surface area contributed by atoms with Gasteiger partial charge in [0.2, 0.25) is 0 Å². The monoisotopic (exact) mass is 350 g/mol. The summed E-state index contributed by atoms with van der Waals surface area (Å²) in [5.74, 6) is 0.985. The summed E-state index contributed by atoms with van der Waals surface area (Å²) in [6, 6.07) is 14.2. The summed E-state index contributed by atoms with van der Waals surface area (Å²) in [7, 11) is 1.64. The van der Waals surface area contributed by atoms with Gasteiger partial charge in [0.1, 0.15) is 17.2 Å². The van der Waals surface area contributed by atoms with Crippen LogP contribution in [0.15, 0.2) is 51.9 Å². The minimum Gasteiger partial charge on any atom is -0.459 e. The number of nitrogens with zero attached hydrogens (tertiary/aromatic N) is 2. The van der Waals surface area contributed by atoms with Gasteiger partial charge in [0.25, 0.3) is 0 Å². The minimum atomic E-state index is -0.361. The Bertz CT molecular complexity index is 1000. The van der Waals surface area contributed by atoms with Crippen molar-refractivity contribution in [2.45, 2.75) is 20.0 Å². The van der Waals surface area contributed by atoms with Crippen molar-refractivity contribution in [3.05, 3.63) is 70.7 Å². The molecule has 0 radical (unpaired) electrons. The van der Waals surface area contributed by atoms with E-state index >= 15 is 0 Å². The lowest BCUT2D eigenvalue weighted by Crippen LogP contribution is -2.36. The largest absolute Gasteiger partial charge is 0.459 e. The highest BCUT2D eigenvalue weighted by atomic mass is 19.1. The second-order valence-corrected chi connectivity index (χ2v) is 5.84. The molecule has 0 atom stereocenters. The van der Waals surface area contributed by atoms with Crippen LogP contribution in [-0.2, 0) is 13.1 Å². The predicted octanol–water partition coefficient (Wildman–Crippen LogP) is 3.62. The molecule has 1 aromatic heterocycles. The van der Waals surface area contributed by atoms with Crippen LogP contribution in [0, 0.1) is 24.1 Å². The van der Waals surface area contributed by atoms with Gasteiger partial charge in [-0.1, -0.05) is 18.2 Å². The molecule has 0 saturated carbocycles. The van der Waals surface area contributed by atoms with Crippen molar-refractivity contribution >= 4 is 16.9 Å². The molecule has 0 saturated heterocycles. The zero-order valence-corrected chi connectivity index (χ0v) is 14.6. The fourth-order valence-electron chi connectivity index (χ4n) is 2.74. The fourth-order valence-corrected chi connectivity index (χ4v) is 2.74. The third kappa shape index (κ3) is 3.67. The Labute approximate surface area is 151 Å². The summed E-state index contributed by atoms with van der Waals surface area (Å²) in [5.41, 5.74) is 2.76. The fraction of sp³-hybridized carbons (Fsp3) is 0.200. The van der Waals surface area contributed by atoms with Crippen LogP contribution in [0.5, 0.6) is 0 Å². The first kappa shape index (κ1) is 17.5. The van der Waals surface area contributed by atoms with Gasteiger partial charge in [0.15, 0.2) is 5.96 Å². The maximum Gasteiger partial charge on any atom is 0.191 e. The van der Waals surface area contributed by atoms with Crippen LogP contribution in [0.1, 0.15) is 22.5 Å². The highest BCUT2D eigenvalue weighted by molar-refractivity contribution is 5.82. The summed E-state index contributed by atoms with van der Waals surface area (Å²) in [6.45, 7) is 2.70. The molecule has 3 aromatic rings. The van der Waals surface area contributed by atoms with Crippen LogP contribution in [0.4, 0.5) is 4.39 Å². The number of guanidine groups is 1. The van der Waals surface area contributed by atoms with E-state index in [-0.39, 0.29) is 12.4 Å². The van der Waals surface area contributed by atoms with Crippen LogP contribution in [0.2, 0.25) is 0 Å². The maximum absolute atomic E-state index is 13.9. The van der Waals surface area contributed by atoms with Crippen molar-refractivity contribution in [1.82, 2.24) is 10.6 Å².